The highest BCUT2D eigenvalue weighted by Gasteiger charge is 2.28. The molecule has 2 fully saturated rings. The molecule has 3 atom stereocenters. The van der Waals surface area contributed by atoms with Crippen molar-refractivity contribution in [2.24, 2.45) is 11.8 Å². The molecular weight excluding hydrogens is 312 g/mol. The molecule has 0 radical (unpaired) electrons. The molecule has 7 heteroatoms. The Hall–Kier alpha value is -1.86. The van der Waals surface area contributed by atoms with Crippen LogP contribution in [0, 0.1) is 18.8 Å². The van der Waals surface area contributed by atoms with E-state index in [2.05, 4.69) is 10.6 Å². The van der Waals surface area contributed by atoms with Gasteiger partial charge in [0.25, 0.3) is 0 Å². The Morgan fingerprint density at radius 2 is 1.79 bits per heavy atom. The van der Waals surface area contributed by atoms with Crippen LogP contribution in [0.3, 0.4) is 0 Å². The van der Waals surface area contributed by atoms with Crippen molar-refractivity contribution in [2.45, 2.75) is 25.8 Å². The van der Waals surface area contributed by atoms with E-state index >= 15 is 0 Å². The Bertz CT molecular complexity index is 573. The van der Waals surface area contributed by atoms with Gasteiger partial charge in [0.15, 0.2) is 0 Å². The maximum Gasteiger partial charge on any atom is 0.226 e. The number of carbonyl (C=O) groups is 2. The fourth-order valence-electron chi connectivity index (χ4n) is 2.98. The summed E-state index contributed by atoms with van der Waals surface area (Å²) < 4.78 is 16.2. The highest BCUT2D eigenvalue weighted by Crippen LogP contribution is 2.19. The average Bonchev–Trinajstić information content (AvgIpc) is 3.32. The first-order chi connectivity index (χ1) is 11.6. The zero-order valence-electron chi connectivity index (χ0n) is 13.9. The Morgan fingerprint density at radius 3 is 2.33 bits per heavy atom. The molecule has 24 heavy (non-hydrogen) atoms. The summed E-state index contributed by atoms with van der Waals surface area (Å²) >= 11 is 0. The second-order valence-corrected chi connectivity index (χ2v) is 6.38. The number of furan rings is 1. The molecule has 2 aliphatic heterocycles. The van der Waals surface area contributed by atoms with Crippen LogP contribution < -0.4 is 10.6 Å². The summed E-state index contributed by atoms with van der Waals surface area (Å²) in [6.45, 7) is 4.28. The van der Waals surface area contributed by atoms with Crippen LogP contribution in [0.2, 0.25) is 0 Å². The third kappa shape index (κ3) is 4.15. The van der Waals surface area contributed by atoms with Crippen molar-refractivity contribution in [1.82, 2.24) is 10.6 Å². The predicted octanol–water partition coefficient (Wildman–Crippen LogP) is 0.935. The summed E-state index contributed by atoms with van der Waals surface area (Å²) in [4.78, 5) is 24.5. The van der Waals surface area contributed by atoms with Gasteiger partial charge in [-0.3, -0.25) is 9.59 Å². The molecule has 1 aromatic heterocycles. The molecule has 3 rings (SSSR count). The van der Waals surface area contributed by atoms with Gasteiger partial charge in [0, 0.05) is 19.8 Å². The van der Waals surface area contributed by atoms with E-state index in [0.29, 0.717) is 38.7 Å². The molecule has 132 valence electrons. The summed E-state index contributed by atoms with van der Waals surface area (Å²) in [5.74, 6) is 1.06. The molecule has 1 aromatic rings. The van der Waals surface area contributed by atoms with E-state index in [4.69, 9.17) is 13.9 Å². The van der Waals surface area contributed by atoms with Crippen molar-refractivity contribution in [2.75, 3.05) is 33.0 Å². The monoisotopic (exact) mass is 336 g/mol. The molecule has 2 aliphatic rings. The summed E-state index contributed by atoms with van der Waals surface area (Å²) in [6, 6.07) is 3.29. The molecule has 3 heterocycles. The van der Waals surface area contributed by atoms with Crippen LogP contribution >= 0.6 is 0 Å². The minimum absolute atomic E-state index is 0.0424. The number of amides is 2. The predicted molar refractivity (Wildman–Crippen MR) is 85.2 cm³/mol. The van der Waals surface area contributed by atoms with Gasteiger partial charge in [0.2, 0.25) is 11.8 Å². The first-order valence-corrected chi connectivity index (χ1v) is 8.43. The molecule has 2 saturated heterocycles. The largest absolute Gasteiger partial charge is 0.464 e. The zero-order chi connectivity index (χ0) is 16.9. The highest BCUT2D eigenvalue weighted by molar-refractivity contribution is 5.80. The first kappa shape index (κ1) is 17.0. The second kappa shape index (κ2) is 7.81. The molecule has 2 amide bonds. The fraction of sp³-hybridized carbons (Fsp3) is 0.647. The molecule has 3 unspecified atom stereocenters. The fourth-order valence-corrected chi connectivity index (χ4v) is 2.98. The lowest BCUT2D eigenvalue weighted by Crippen LogP contribution is -2.42. The lowest BCUT2D eigenvalue weighted by atomic mass is 10.1. The third-order valence-electron chi connectivity index (χ3n) is 4.50. The van der Waals surface area contributed by atoms with E-state index < -0.39 is 6.04 Å². The van der Waals surface area contributed by atoms with Crippen molar-refractivity contribution < 1.29 is 23.5 Å². The number of hydrogen-bond donors (Lipinski definition) is 2. The van der Waals surface area contributed by atoms with Gasteiger partial charge >= 0.3 is 0 Å². The lowest BCUT2D eigenvalue weighted by molar-refractivity contribution is -0.127. The Balaban J connectivity index is 1.60. The van der Waals surface area contributed by atoms with Gasteiger partial charge in [-0.15, -0.1) is 0 Å². The van der Waals surface area contributed by atoms with Crippen LogP contribution in [0.1, 0.15) is 30.4 Å². The Kier molecular flexibility index (Phi) is 5.52. The quantitative estimate of drug-likeness (QED) is 0.807. The smallest absolute Gasteiger partial charge is 0.226 e. The summed E-state index contributed by atoms with van der Waals surface area (Å²) in [6.07, 6.45) is 1.46. The zero-order valence-corrected chi connectivity index (χ0v) is 13.9. The molecule has 0 aliphatic carbocycles. The van der Waals surface area contributed by atoms with Crippen LogP contribution in [-0.4, -0.2) is 44.8 Å². The summed E-state index contributed by atoms with van der Waals surface area (Å²) in [5.41, 5.74) is 0. The first-order valence-electron chi connectivity index (χ1n) is 8.43. The van der Waals surface area contributed by atoms with Crippen molar-refractivity contribution in [3.8, 4) is 0 Å². The normalized spacial score (nSPS) is 24.7. The number of rotatable bonds is 6. The Labute approximate surface area is 141 Å². The molecule has 0 spiro atoms. The van der Waals surface area contributed by atoms with Crippen LogP contribution in [-0.2, 0) is 19.1 Å². The van der Waals surface area contributed by atoms with E-state index in [9.17, 15) is 9.59 Å². The molecule has 7 nitrogen and oxygen atoms in total. The number of carbonyl (C=O) groups excluding carboxylic acids is 2. The lowest BCUT2D eigenvalue weighted by Gasteiger charge is -2.20. The molecule has 2 N–H and O–H groups in total. The third-order valence-corrected chi connectivity index (χ3v) is 4.50. The van der Waals surface area contributed by atoms with Gasteiger partial charge in [0.1, 0.15) is 17.6 Å². The van der Waals surface area contributed by atoms with Gasteiger partial charge in [-0.05, 0) is 31.9 Å². The van der Waals surface area contributed by atoms with Crippen molar-refractivity contribution in [3.05, 3.63) is 23.7 Å². The maximum absolute atomic E-state index is 12.4. The Morgan fingerprint density at radius 1 is 1.12 bits per heavy atom. The van der Waals surface area contributed by atoms with E-state index in [1.807, 2.05) is 19.1 Å². The van der Waals surface area contributed by atoms with Gasteiger partial charge in [-0.2, -0.15) is 0 Å². The molecule has 0 saturated carbocycles. The number of nitrogens with one attached hydrogen (secondary N) is 2. The van der Waals surface area contributed by atoms with Gasteiger partial charge in [-0.1, -0.05) is 0 Å². The number of ether oxygens (including phenoxy) is 2. The average molecular weight is 336 g/mol. The molecular formula is C17H24N2O5. The van der Waals surface area contributed by atoms with E-state index in [1.165, 1.54) is 0 Å². The van der Waals surface area contributed by atoms with Crippen molar-refractivity contribution in [1.29, 1.82) is 0 Å². The van der Waals surface area contributed by atoms with Gasteiger partial charge in [-0.25, -0.2) is 0 Å². The van der Waals surface area contributed by atoms with Crippen molar-refractivity contribution >= 4 is 11.8 Å². The van der Waals surface area contributed by atoms with E-state index in [0.717, 1.165) is 18.6 Å². The van der Waals surface area contributed by atoms with Crippen LogP contribution in [0.25, 0.3) is 0 Å². The minimum atomic E-state index is -0.391. The van der Waals surface area contributed by atoms with E-state index in [1.54, 1.807) is 0 Å². The second-order valence-electron chi connectivity index (χ2n) is 6.38. The number of aryl methyl sites for hydroxylation is 1. The van der Waals surface area contributed by atoms with Crippen LogP contribution in [0.5, 0.6) is 0 Å². The topological polar surface area (TPSA) is 89.8 Å². The van der Waals surface area contributed by atoms with E-state index in [-0.39, 0.29) is 23.7 Å². The molecule has 0 aromatic carbocycles. The molecule has 0 bridgehead atoms. The van der Waals surface area contributed by atoms with Crippen molar-refractivity contribution in [3.63, 3.8) is 0 Å². The van der Waals surface area contributed by atoms with Crippen LogP contribution in [0.15, 0.2) is 16.5 Å². The number of hydrogen-bond acceptors (Lipinski definition) is 5. The summed E-state index contributed by atoms with van der Waals surface area (Å²) in [7, 11) is 0. The highest BCUT2D eigenvalue weighted by atomic mass is 16.5. The van der Waals surface area contributed by atoms with Crippen LogP contribution in [0.4, 0.5) is 0 Å². The van der Waals surface area contributed by atoms with Gasteiger partial charge in [0.05, 0.1) is 25.0 Å². The SMILES string of the molecule is Cc1ccc(C(CNC(=O)C2CCOC2)NC(=O)C2CCOC2)o1. The summed E-state index contributed by atoms with van der Waals surface area (Å²) in [5, 5.41) is 5.88. The van der Waals surface area contributed by atoms with Gasteiger partial charge < -0.3 is 24.5 Å². The maximum atomic E-state index is 12.4. The minimum Gasteiger partial charge on any atom is -0.464 e. The standard InChI is InChI=1S/C17H24N2O5/c1-11-2-3-15(24-11)14(19-17(21)13-5-7-23-10-13)8-18-16(20)12-4-6-22-9-12/h2-3,12-14H,4-10H2,1H3,(H,18,20)(H,19,21).